The van der Waals surface area contributed by atoms with E-state index < -0.39 is 0 Å². The topological polar surface area (TPSA) is 72.0 Å². The van der Waals surface area contributed by atoms with E-state index in [9.17, 15) is 9.59 Å². The second-order valence-electron chi connectivity index (χ2n) is 11.0. The number of benzene rings is 1. The van der Waals surface area contributed by atoms with Gasteiger partial charge in [0.1, 0.15) is 5.75 Å². The van der Waals surface area contributed by atoms with Crippen LogP contribution in [-0.2, 0) is 9.59 Å². The molecule has 2 aliphatic heterocycles. The summed E-state index contributed by atoms with van der Waals surface area (Å²) in [6.45, 7) is 5.32. The summed E-state index contributed by atoms with van der Waals surface area (Å²) in [5, 5.41) is 0.576. The molecule has 0 bridgehead atoms. The van der Waals surface area contributed by atoms with Gasteiger partial charge in [-0.05, 0) is 55.9 Å². The van der Waals surface area contributed by atoms with Crippen LogP contribution >= 0.6 is 11.6 Å². The van der Waals surface area contributed by atoms with Crippen LogP contribution in [0.3, 0.4) is 0 Å². The molecule has 0 N–H and O–H groups in total. The summed E-state index contributed by atoms with van der Waals surface area (Å²) in [6.07, 6.45) is 5.92. The normalized spacial score (nSPS) is 23.4. The Kier molecular flexibility index (Phi) is 7.61. The zero-order valence-electron chi connectivity index (χ0n) is 21.7. The van der Waals surface area contributed by atoms with Crippen LogP contribution in [0.25, 0.3) is 0 Å². The molecule has 5 rings (SSSR count). The highest BCUT2D eigenvalue weighted by atomic mass is 35.5. The Labute approximate surface area is 224 Å². The standard InChI is InChI=1S/C29H36ClN3O4/c1-29(12-13-29)28(35)32-14-9-21(10-15-32)27(34)33-16-11-22(19-37-26-8-5-23(30)17-31-26)25(18-33)20-3-6-24(36-2)7-4-20/h3-8,17,21-22,25H,9-16,18-19H2,1-2H3. The number of methoxy groups -OCH3 is 1. The third-order valence-corrected chi connectivity index (χ3v) is 8.63. The molecule has 3 fully saturated rings. The molecule has 2 atom stereocenters. The summed E-state index contributed by atoms with van der Waals surface area (Å²) in [5.74, 6) is 2.24. The van der Waals surface area contributed by atoms with E-state index in [1.165, 1.54) is 5.56 Å². The Hall–Kier alpha value is -2.80. The maximum Gasteiger partial charge on any atom is 0.228 e. The maximum absolute atomic E-state index is 13.6. The van der Waals surface area contributed by atoms with Gasteiger partial charge in [-0.25, -0.2) is 4.98 Å². The molecular formula is C29H36ClN3O4. The Morgan fingerprint density at radius 1 is 1.03 bits per heavy atom. The third-order valence-electron chi connectivity index (χ3n) is 8.40. The number of amides is 2. The van der Waals surface area contributed by atoms with Crippen molar-refractivity contribution in [3.63, 3.8) is 0 Å². The van der Waals surface area contributed by atoms with Crippen LogP contribution in [0.2, 0.25) is 5.02 Å². The molecule has 0 spiro atoms. The van der Waals surface area contributed by atoms with Crippen molar-refractivity contribution in [2.45, 2.75) is 44.9 Å². The van der Waals surface area contributed by atoms with E-state index >= 15 is 0 Å². The number of carbonyl (C=O) groups is 2. The number of hydrogen-bond donors (Lipinski definition) is 0. The van der Waals surface area contributed by atoms with Crippen molar-refractivity contribution < 1.29 is 19.1 Å². The van der Waals surface area contributed by atoms with Gasteiger partial charge in [0.15, 0.2) is 0 Å². The van der Waals surface area contributed by atoms with Crippen molar-refractivity contribution in [2.24, 2.45) is 17.3 Å². The van der Waals surface area contributed by atoms with Gasteiger partial charge in [0.25, 0.3) is 0 Å². The molecule has 37 heavy (non-hydrogen) atoms. The van der Waals surface area contributed by atoms with E-state index in [4.69, 9.17) is 21.1 Å². The highest BCUT2D eigenvalue weighted by Gasteiger charge is 2.48. The van der Waals surface area contributed by atoms with Gasteiger partial charge in [-0.2, -0.15) is 0 Å². The quantitative estimate of drug-likeness (QED) is 0.519. The molecule has 3 aliphatic rings. The molecule has 1 aliphatic carbocycles. The van der Waals surface area contributed by atoms with Gasteiger partial charge in [-0.15, -0.1) is 0 Å². The molecule has 3 heterocycles. The van der Waals surface area contributed by atoms with Crippen molar-refractivity contribution in [1.29, 1.82) is 0 Å². The zero-order chi connectivity index (χ0) is 26.0. The molecule has 0 radical (unpaired) electrons. The Balaban J connectivity index is 1.24. The largest absolute Gasteiger partial charge is 0.497 e. The smallest absolute Gasteiger partial charge is 0.228 e. The summed E-state index contributed by atoms with van der Waals surface area (Å²) in [6, 6.07) is 11.7. The molecule has 1 aromatic carbocycles. The number of likely N-dealkylation sites (tertiary alicyclic amines) is 2. The van der Waals surface area contributed by atoms with Crippen molar-refractivity contribution in [2.75, 3.05) is 39.9 Å². The average Bonchev–Trinajstić information content (AvgIpc) is 3.70. The minimum Gasteiger partial charge on any atom is -0.497 e. The van der Waals surface area contributed by atoms with Gasteiger partial charge in [0, 0.05) is 61.6 Å². The van der Waals surface area contributed by atoms with E-state index in [0.29, 0.717) is 43.7 Å². The summed E-state index contributed by atoms with van der Waals surface area (Å²) in [5.41, 5.74) is 1.03. The van der Waals surface area contributed by atoms with Crippen LogP contribution in [0.4, 0.5) is 0 Å². The van der Waals surface area contributed by atoms with Crippen molar-refractivity contribution in [3.8, 4) is 11.6 Å². The van der Waals surface area contributed by atoms with E-state index in [-0.39, 0.29) is 35.0 Å². The number of aromatic nitrogens is 1. The summed E-state index contributed by atoms with van der Waals surface area (Å²) >= 11 is 5.96. The number of pyridine rings is 1. The van der Waals surface area contributed by atoms with Crippen LogP contribution in [-0.4, -0.2) is 66.5 Å². The van der Waals surface area contributed by atoms with E-state index in [1.54, 1.807) is 25.4 Å². The van der Waals surface area contributed by atoms with Gasteiger partial charge >= 0.3 is 0 Å². The summed E-state index contributed by atoms with van der Waals surface area (Å²) in [7, 11) is 1.66. The third kappa shape index (κ3) is 5.87. The summed E-state index contributed by atoms with van der Waals surface area (Å²) < 4.78 is 11.4. The van der Waals surface area contributed by atoms with Gasteiger partial charge in [0.2, 0.25) is 17.7 Å². The van der Waals surface area contributed by atoms with E-state index in [1.807, 2.05) is 21.9 Å². The second-order valence-corrected chi connectivity index (χ2v) is 11.4. The zero-order valence-corrected chi connectivity index (χ0v) is 22.5. The molecule has 2 aromatic rings. The first-order valence-corrected chi connectivity index (χ1v) is 13.7. The van der Waals surface area contributed by atoms with Gasteiger partial charge in [-0.1, -0.05) is 30.7 Å². The molecule has 2 unspecified atom stereocenters. The lowest BCUT2D eigenvalue weighted by molar-refractivity contribution is -0.144. The van der Waals surface area contributed by atoms with Crippen LogP contribution in [0.5, 0.6) is 11.6 Å². The van der Waals surface area contributed by atoms with Gasteiger partial charge < -0.3 is 19.3 Å². The number of nitrogens with zero attached hydrogens (tertiary/aromatic N) is 3. The fourth-order valence-corrected chi connectivity index (χ4v) is 5.75. The number of rotatable bonds is 7. The highest BCUT2D eigenvalue weighted by Crippen LogP contribution is 2.47. The van der Waals surface area contributed by atoms with Crippen molar-refractivity contribution in [1.82, 2.24) is 14.8 Å². The first-order valence-electron chi connectivity index (χ1n) is 13.3. The molecule has 8 heteroatoms. The number of carbonyl (C=O) groups excluding carboxylic acids is 2. The Bertz CT molecular complexity index is 1100. The number of halogens is 1. The predicted octanol–water partition coefficient (Wildman–Crippen LogP) is 4.79. The average molecular weight is 526 g/mol. The minimum absolute atomic E-state index is 0.0151. The van der Waals surface area contributed by atoms with Crippen LogP contribution in [0.1, 0.15) is 50.5 Å². The molecule has 198 valence electrons. The molecule has 7 nitrogen and oxygen atoms in total. The van der Waals surface area contributed by atoms with Crippen molar-refractivity contribution in [3.05, 3.63) is 53.2 Å². The first kappa shape index (κ1) is 25.8. The number of piperidine rings is 2. The Morgan fingerprint density at radius 2 is 1.73 bits per heavy atom. The second kappa shape index (κ2) is 10.9. The van der Waals surface area contributed by atoms with E-state index in [0.717, 1.165) is 37.9 Å². The predicted molar refractivity (Wildman–Crippen MR) is 142 cm³/mol. The van der Waals surface area contributed by atoms with Crippen LogP contribution < -0.4 is 9.47 Å². The molecule has 1 aromatic heterocycles. The van der Waals surface area contributed by atoms with Crippen LogP contribution in [0.15, 0.2) is 42.6 Å². The molecule has 2 amide bonds. The fourth-order valence-electron chi connectivity index (χ4n) is 5.64. The molecule has 2 saturated heterocycles. The fraction of sp³-hybridized carbons (Fsp3) is 0.552. The molecular weight excluding hydrogens is 490 g/mol. The van der Waals surface area contributed by atoms with E-state index in [2.05, 4.69) is 24.0 Å². The Morgan fingerprint density at radius 3 is 2.35 bits per heavy atom. The number of hydrogen-bond acceptors (Lipinski definition) is 5. The monoisotopic (exact) mass is 525 g/mol. The lowest BCUT2D eigenvalue weighted by Crippen LogP contribution is -2.49. The highest BCUT2D eigenvalue weighted by molar-refractivity contribution is 6.30. The molecule has 1 saturated carbocycles. The van der Waals surface area contributed by atoms with Crippen LogP contribution in [0, 0.1) is 17.3 Å². The SMILES string of the molecule is COc1ccc(C2CN(C(=O)C3CCN(C(=O)C4(C)CC4)CC3)CCC2COc2ccc(Cl)cn2)cc1. The summed E-state index contributed by atoms with van der Waals surface area (Å²) in [4.78, 5) is 34.6. The van der Waals surface area contributed by atoms with Gasteiger partial charge in [-0.3, -0.25) is 9.59 Å². The maximum atomic E-state index is 13.6. The number of ether oxygens (including phenoxy) is 2. The lowest BCUT2D eigenvalue weighted by Gasteiger charge is -2.41. The minimum atomic E-state index is -0.145. The van der Waals surface area contributed by atoms with Crippen molar-refractivity contribution >= 4 is 23.4 Å². The lowest BCUT2D eigenvalue weighted by atomic mass is 9.80. The first-order chi connectivity index (χ1) is 17.9. The van der Waals surface area contributed by atoms with Gasteiger partial charge in [0.05, 0.1) is 18.7 Å².